The molecule has 2 heterocycles. The molecule has 1 N–H and O–H groups in total. The number of amides is 2. The molecule has 0 saturated carbocycles. The normalized spacial score (nSPS) is 10.7. The van der Waals surface area contributed by atoms with Crippen molar-refractivity contribution in [1.82, 2.24) is 15.2 Å². The van der Waals surface area contributed by atoms with Crippen molar-refractivity contribution in [2.24, 2.45) is 0 Å². The second kappa shape index (κ2) is 10.7. The summed E-state index contributed by atoms with van der Waals surface area (Å²) in [7, 11) is 3.14. The van der Waals surface area contributed by atoms with E-state index < -0.39 is 0 Å². The van der Waals surface area contributed by atoms with Gasteiger partial charge in [-0.2, -0.15) is 0 Å². The van der Waals surface area contributed by atoms with Crippen molar-refractivity contribution in [1.29, 1.82) is 0 Å². The minimum atomic E-state index is -0.342. The van der Waals surface area contributed by atoms with E-state index in [0.29, 0.717) is 38.6 Å². The quantitative estimate of drug-likeness (QED) is 0.590. The van der Waals surface area contributed by atoms with E-state index in [4.69, 9.17) is 13.9 Å². The molecule has 2 aromatic heterocycles. The standard InChI is InChI=1S/C17H23N3O5S/c1-23-7-5-18-17(22)14-12-25-15(19-14)11-20(6-8-24-2)16(21)10-13-4-3-9-26-13/h3-4,9,12H,5-8,10-11H2,1-2H3,(H,18,22). The first-order valence-corrected chi connectivity index (χ1v) is 9.02. The van der Waals surface area contributed by atoms with Gasteiger partial charge in [-0.3, -0.25) is 9.59 Å². The first-order valence-electron chi connectivity index (χ1n) is 8.14. The van der Waals surface area contributed by atoms with Crippen molar-refractivity contribution in [3.63, 3.8) is 0 Å². The van der Waals surface area contributed by atoms with Gasteiger partial charge in [0.1, 0.15) is 6.26 Å². The molecule has 0 aliphatic rings. The number of ether oxygens (including phenoxy) is 2. The van der Waals surface area contributed by atoms with E-state index in [1.165, 1.54) is 17.6 Å². The lowest BCUT2D eigenvalue weighted by Crippen LogP contribution is -2.34. The fraction of sp³-hybridized carbons (Fsp3) is 0.471. The van der Waals surface area contributed by atoms with E-state index in [-0.39, 0.29) is 24.1 Å². The predicted molar refractivity (Wildman–Crippen MR) is 96.0 cm³/mol. The first kappa shape index (κ1) is 20.1. The van der Waals surface area contributed by atoms with Crippen molar-refractivity contribution in [2.45, 2.75) is 13.0 Å². The Labute approximate surface area is 156 Å². The third kappa shape index (κ3) is 6.25. The minimum Gasteiger partial charge on any atom is -0.446 e. The SMILES string of the molecule is COCCNC(=O)c1coc(CN(CCOC)C(=O)Cc2cccs2)n1. The maximum Gasteiger partial charge on any atom is 0.273 e. The van der Waals surface area contributed by atoms with Crippen LogP contribution in [0, 0.1) is 0 Å². The molecule has 0 radical (unpaired) electrons. The van der Waals surface area contributed by atoms with Gasteiger partial charge in [0.15, 0.2) is 5.69 Å². The minimum absolute atomic E-state index is 0.0474. The zero-order valence-corrected chi connectivity index (χ0v) is 15.7. The van der Waals surface area contributed by atoms with Crippen LogP contribution in [0.5, 0.6) is 0 Å². The maximum absolute atomic E-state index is 12.6. The molecule has 0 unspecified atom stereocenters. The van der Waals surface area contributed by atoms with E-state index in [2.05, 4.69) is 10.3 Å². The van der Waals surface area contributed by atoms with Crippen LogP contribution in [0.1, 0.15) is 21.3 Å². The van der Waals surface area contributed by atoms with Gasteiger partial charge in [0, 0.05) is 32.2 Å². The molecule has 26 heavy (non-hydrogen) atoms. The van der Waals surface area contributed by atoms with Crippen LogP contribution in [0.2, 0.25) is 0 Å². The Morgan fingerprint density at radius 3 is 2.81 bits per heavy atom. The topological polar surface area (TPSA) is 93.9 Å². The van der Waals surface area contributed by atoms with Gasteiger partial charge in [0.25, 0.3) is 5.91 Å². The molecule has 9 heteroatoms. The molecular weight excluding hydrogens is 358 g/mol. The lowest BCUT2D eigenvalue weighted by Gasteiger charge is -2.20. The van der Waals surface area contributed by atoms with Gasteiger partial charge in [0.2, 0.25) is 11.8 Å². The van der Waals surface area contributed by atoms with Crippen LogP contribution in [0.3, 0.4) is 0 Å². The number of methoxy groups -OCH3 is 2. The molecule has 0 saturated heterocycles. The van der Waals surface area contributed by atoms with Crippen molar-refractivity contribution in [3.05, 3.63) is 40.2 Å². The fourth-order valence-corrected chi connectivity index (χ4v) is 2.87. The summed E-state index contributed by atoms with van der Waals surface area (Å²) in [6.45, 7) is 1.80. The monoisotopic (exact) mass is 381 g/mol. The number of oxazole rings is 1. The van der Waals surface area contributed by atoms with Crippen LogP contribution in [-0.2, 0) is 27.2 Å². The summed E-state index contributed by atoms with van der Waals surface area (Å²) >= 11 is 1.54. The second-order valence-corrected chi connectivity index (χ2v) is 6.47. The highest BCUT2D eigenvalue weighted by Gasteiger charge is 2.19. The lowest BCUT2D eigenvalue weighted by molar-refractivity contribution is -0.132. The van der Waals surface area contributed by atoms with Gasteiger partial charge in [-0.15, -0.1) is 11.3 Å². The molecule has 0 bridgehead atoms. The van der Waals surface area contributed by atoms with E-state index in [1.54, 1.807) is 19.1 Å². The van der Waals surface area contributed by atoms with Crippen molar-refractivity contribution in [3.8, 4) is 0 Å². The zero-order valence-electron chi connectivity index (χ0n) is 14.9. The summed E-state index contributed by atoms with van der Waals surface area (Å²) in [4.78, 5) is 31.3. The molecule has 8 nitrogen and oxygen atoms in total. The predicted octanol–water partition coefficient (Wildman–Crippen LogP) is 1.33. The van der Waals surface area contributed by atoms with Gasteiger partial charge in [-0.05, 0) is 11.4 Å². The Bertz CT molecular complexity index is 686. The number of thiophene rings is 1. The van der Waals surface area contributed by atoms with Crippen LogP contribution in [0.25, 0.3) is 0 Å². The lowest BCUT2D eigenvalue weighted by atomic mass is 10.3. The molecule has 0 aromatic carbocycles. The molecule has 0 spiro atoms. The van der Waals surface area contributed by atoms with Crippen LogP contribution in [-0.4, -0.2) is 62.2 Å². The first-order chi connectivity index (χ1) is 12.6. The smallest absolute Gasteiger partial charge is 0.273 e. The van der Waals surface area contributed by atoms with E-state index >= 15 is 0 Å². The summed E-state index contributed by atoms with van der Waals surface area (Å²) < 4.78 is 15.3. The van der Waals surface area contributed by atoms with Gasteiger partial charge in [-0.25, -0.2) is 4.98 Å². The number of aromatic nitrogens is 1. The highest BCUT2D eigenvalue weighted by Crippen LogP contribution is 2.13. The molecule has 2 aromatic rings. The summed E-state index contributed by atoms with van der Waals surface area (Å²) in [5.41, 5.74) is 0.175. The molecule has 0 aliphatic carbocycles. The molecule has 0 fully saturated rings. The Kier molecular flexibility index (Phi) is 8.26. The number of nitrogens with zero attached hydrogens (tertiary/aromatic N) is 2. The average molecular weight is 381 g/mol. The third-order valence-corrected chi connectivity index (χ3v) is 4.40. The fourth-order valence-electron chi connectivity index (χ4n) is 2.18. The summed E-state index contributed by atoms with van der Waals surface area (Å²) in [6.07, 6.45) is 1.60. The third-order valence-electron chi connectivity index (χ3n) is 3.53. The molecule has 2 rings (SSSR count). The van der Waals surface area contributed by atoms with E-state index in [1.807, 2.05) is 17.5 Å². The van der Waals surface area contributed by atoms with Crippen molar-refractivity contribution in [2.75, 3.05) is 40.5 Å². The number of nitrogens with one attached hydrogen (secondary N) is 1. The Morgan fingerprint density at radius 1 is 1.31 bits per heavy atom. The number of hydrogen-bond donors (Lipinski definition) is 1. The van der Waals surface area contributed by atoms with Crippen molar-refractivity contribution >= 4 is 23.2 Å². The molecular formula is C17H23N3O5S. The van der Waals surface area contributed by atoms with Gasteiger partial charge >= 0.3 is 0 Å². The van der Waals surface area contributed by atoms with E-state index in [0.717, 1.165) is 4.88 Å². The summed E-state index contributed by atoms with van der Waals surface area (Å²) in [5, 5.41) is 4.60. The van der Waals surface area contributed by atoms with Gasteiger partial charge in [-0.1, -0.05) is 6.07 Å². The number of carbonyl (C=O) groups excluding carboxylic acids is 2. The highest BCUT2D eigenvalue weighted by atomic mass is 32.1. The second-order valence-electron chi connectivity index (χ2n) is 5.44. The Balaban J connectivity index is 1.96. The van der Waals surface area contributed by atoms with Gasteiger partial charge in [0.05, 0.1) is 26.2 Å². The highest BCUT2D eigenvalue weighted by molar-refractivity contribution is 7.10. The number of hydrogen-bond acceptors (Lipinski definition) is 7. The van der Waals surface area contributed by atoms with Crippen LogP contribution >= 0.6 is 11.3 Å². The summed E-state index contributed by atoms with van der Waals surface area (Å²) in [6, 6.07) is 3.83. The molecule has 0 atom stereocenters. The summed E-state index contributed by atoms with van der Waals surface area (Å²) in [5.74, 6) is -0.0864. The largest absolute Gasteiger partial charge is 0.446 e. The Morgan fingerprint density at radius 2 is 2.12 bits per heavy atom. The van der Waals surface area contributed by atoms with Crippen molar-refractivity contribution < 1.29 is 23.5 Å². The van der Waals surface area contributed by atoms with Crippen LogP contribution in [0.4, 0.5) is 0 Å². The Hall–Kier alpha value is -2.23. The average Bonchev–Trinajstić information content (AvgIpc) is 3.30. The van der Waals surface area contributed by atoms with Crippen LogP contribution < -0.4 is 5.32 Å². The molecule has 0 aliphatic heterocycles. The van der Waals surface area contributed by atoms with Crippen LogP contribution in [0.15, 0.2) is 28.2 Å². The number of rotatable bonds is 11. The molecule has 142 valence electrons. The van der Waals surface area contributed by atoms with Gasteiger partial charge < -0.3 is 24.1 Å². The van der Waals surface area contributed by atoms with E-state index in [9.17, 15) is 9.59 Å². The zero-order chi connectivity index (χ0) is 18.8. The number of carbonyl (C=O) groups is 2. The molecule has 2 amide bonds. The maximum atomic E-state index is 12.6.